The Morgan fingerprint density at radius 2 is 1.54 bits per heavy atom. The Labute approximate surface area is 206 Å². The van der Waals surface area contributed by atoms with Crippen LogP contribution in [0.4, 0.5) is 0 Å². The van der Waals surface area contributed by atoms with Crippen molar-refractivity contribution in [1.29, 1.82) is 0 Å². The summed E-state index contributed by atoms with van der Waals surface area (Å²) in [7, 11) is -3.95. The van der Waals surface area contributed by atoms with Crippen molar-refractivity contribution in [2.45, 2.75) is 32.7 Å². The summed E-state index contributed by atoms with van der Waals surface area (Å²) in [5.74, 6) is -0.640. The van der Waals surface area contributed by atoms with Crippen LogP contribution in [0.15, 0.2) is 84.9 Å². The SMILES string of the molecule is CCCS(=O)(=O)Oc1c(-c2ccccc2)nc2ccccc2c1C(=O)N[C@@H](CC)c1ccccc1. The number of carbonyl (C=O) groups is 1. The van der Waals surface area contributed by atoms with Crippen molar-refractivity contribution in [2.75, 3.05) is 5.75 Å². The van der Waals surface area contributed by atoms with Gasteiger partial charge < -0.3 is 9.50 Å². The molecule has 4 rings (SSSR count). The molecule has 0 unspecified atom stereocenters. The fourth-order valence-corrected chi connectivity index (χ4v) is 5.05. The number of aromatic nitrogens is 1. The molecular formula is C28H28N2O4S. The maximum Gasteiger partial charge on any atom is 0.309 e. The van der Waals surface area contributed by atoms with Gasteiger partial charge in [-0.3, -0.25) is 4.79 Å². The summed E-state index contributed by atoms with van der Waals surface area (Å²) in [4.78, 5) is 18.6. The summed E-state index contributed by atoms with van der Waals surface area (Å²) in [6.45, 7) is 3.75. The minimum atomic E-state index is -3.95. The second-order valence-corrected chi connectivity index (χ2v) is 9.93. The first-order valence-electron chi connectivity index (χ1n) is 11.7. The minimum absolute atomic E-state index is 0.0521. The van der Waals surface area contributed by atoms with Gasteiger partial charge in [-0.2, -0.15) is 8.42 Å². The number of para-hydroxylation sites is 1. The van der Waals surface area contributed by atoms with Crippen molar-refractivity contribution in [3.8, 4) is 17.0 Å². The van der Waals surface area contributed by atoms with Crippen LogP contribution < -0.4 is 9.50 Å². The number of hydrogen-bond donors (Lipinski definition) is 1. The van der Waals surface area contributed by atoms with Crippen molar-refractivity contribution in [3.63, 3.8) is 0 Å². The maximum absolute atomic E-state index is 13.8. The number of nitrogens with zero attached hydrogens (tertiary/aromatic N) is 1. The lowest BCUT2D eigenvalue weighted by molar-refractivity contribution is 0.0935. The van der Waals surface area contributed by atoms with Crippen LogP contribution in [0.2, 0.25) is 0 Å². The Morgan fingerprint density at radius 1 is 0.914 bits per heavy atom. The second kappa shape index (κ2) is 10.7. The van der Waals surface area contributed by atoms with E-state index in [0.29, 0.717) is 35.0 Å². The number of amides is 1. The van der Waals surface area contributed by atoms with Gasteiger partial charge in [-0.05, 0) is 24.5 Å². The standard InChI is InChI=1S/C28H28N2O4S/c1-3-19-35(32,33)34-27-25(28(31)30-23(4-2)20-13-7-5-8-14-20)22-17-11-12-18-24(22)29-26(27)21-15-9-6-10-16-21/h5-18,23H,3-4,19H2,1-2H3,(H,30,31)/t23-/m0/s1. The van der Waals surface area contributed by atoms with Crippen LogP contribution in [-0.4, -0.2) is 25.1 Å². The molecule has 1 N–H and O–H groups in total. The van der Waals surface area contributed by atoms with E-state index in [0.717, 1.165) is 5.56 Å². The van der Waals surface area contributed by atoms with E-state index in [-0.39, 0.29) is 23.1 Å². The van der Waals surface area contributed by atoms with Crippen LogP contribution >= 0.6 is 0 Å². The van der Waals surface area contributed by atoms with Gasteiger partial charge in [0.15, 0.2) is 5.75 Å². The normalized spacial score (nSPS) is 12.3. The predicted molar refractivity (Wildman–Crippen MR) is 139 cm³/mol. The van der Waals surface area contributed by atoms with Gasteiger partial charge >= 0.3 is 10.1 Å². The molecule has 35 heavy (non-hydrogen) atoms. The largest absolute Gasteiger partial charge is 0.379 e. The number of nitrogens with one attached hydrogen (secondary N) is 1. The third-order valence-corrected chi connectivity index (χ3v) is 7.03. The highest BCUT2D eigenvalue weighted by Gasteiger charge is 2.28. The van der Waals surface area contributed by atoms with Crippen molar-refractivity contribution < 1.29 is 17.4 Å². The van der Waals surface area contributed by atoms with Gasteiger partial charge in [-0.1, -0.05) is 92.7 Å². The molecule has 0 aliphatic heterocycles. The lowest BCUT2D eigenvalue weighted by Crippen LogP contribution is -2.29. The molecule has 1 aromatic heterocycles. The van der Waals surface area contributed by atoms with E-state index in [1.54, 1.807) is 25.1 Å². The Kier molecular flexibility index (Phi) is 7.46. The van der Waals surface area contributed by atoms with Crippen LogP contribution in [0.1, 0.15) is 48.7 Å². The van der Waals surface area contributed by atoms with E-state index in [1.165, 1.54) is 0 Å². The third kappa shape index (κ3) is 5.52. The van der Waals surface area contributed by atoms with Crippen LogP contribution in [-0.2, 0) is 10.1 Å². The smallest absolute Gasteiger partial charge is 0.309 e. The van der Waals surface area contributed by atoms with Gasteiger partial charge in [0.25, 0.3) is 5.91 Å². The zero-order chi connectivity index (χ0) is 24.8. The van der Waals surface area contributed by atoms with Gasteiger partial charge in [-0.15, -0.1) is 0 Å². The molecule has 0 aliphatic carbocycles. The molecule has 1 atom stereocenters. The summed E-state index contributed by atoms with van der Waals surface area (Å²) in [5, 5.41) is 3.61. The summed E-state index contributed by atoms with van der Waals surface area (Å²) >= 11 is 0. The molecule has 4 aromatic rings. The van der Waals surface area contributed by atoms with Crippen molar-refractivity contribution in [3.05, 3.63) is 96.1 Å². The van der Waals surface area contributed by atoms with Crippen molar-refractivity contribution in [1.82, 2.24) is 10.3 Å². The van der Waals surface area contributed by atoms with Gasteiger partial charge in [-0.25, -0.2) is 4.98 Å². The van der Waals surface area contributed by atoms with Crippen LogP contribution in [0, 0.1) is 0 Å². The number of benzene rings is 3. The molecule has 180 valence electrons. The van der Waals surface area contributed by atoms with E-state index in [2.05, 4.69) is 5.32 Å². The highest BCUT2D eigenvalue weighted by molar-refractivity contribution is 7.87. The fraction of sp³-hybridized carbons (Fsp3) is 0.214. The zero-order valence-corrected chi connectivity index (χ0v) is 20.6. The molecule has 1 heterocycles. The summed E-state index contributed by atoms with van der Waals surface area (Å²) < 4.78 is 31.3. The predicted octanol–water partition coefficient (Wildman–Crippen LogP) is 5.90. The van der Waals surface area contributed by atoms with E-state index in [1.807, 2.05) is 73.7 Å². The molecule has 0 bridgehead atoms. The monoisotopic (exact) mass is 488 g/mol. The molecule has 0 radical (unpaired) electrons. The van der Waals surface area contributed by atoms with Gasteiger partial charge in [0.05, 0.1) is 22.9 Å². The minimum Gasteiger partial charge on any atom is -0.379 e. The zero-order valence-electron chi connectivity index (χ0n) is 19.8. The maximum atomic E-state index is 13.8. The Bertz CT molecular complexity index is 1420. The molecule has 0 fully saturated rings. The van der Waals surface area contributed by atoms with Gasteiger partial charge in [0.2, 0.25) is 0 Å². The summed E-state index contributed by atoms with van der Waals surface area (Å²) in [5.41, 5.74) is 2.66. The van der Waals surface area contributed by atoms with Gasteiger partial charge in [0, 0.05) is 10.9 Å². The average molecular weight is 489 g/mol. The fourth-order valence-electron chi connectivity index (χ4n) is 4.05. The quantitative estimate of drug-likeness (QED) is 0.296. The van der Waals surface area contributed by atoms with Crippen molar-refractivity contribution >= 4 is 26.9 Å². The lowest BCUT2D eigenvalue weighted by Gasteiger charge is -2.21. The molecule has 0 saturated heterocycles. The van der Waals surface area contributed by atoms with E-state index >= 15 is 0 Å². The molecule has 7 heteroatoms. The van der Waals surface area contributed by atoms with E-state index in [9.17, 15) is 13.2 Å². The molecule has 6 nitrogen and oxygen atoms in total. The van der Waals surface area contributed by atoms with Gasteiger partial charge in [0.1, 0.15) is 5.69 Å². The first-order valence-corrected chi connectivity index (χ1v) is 13.3. The number of carbonyl (C=O) groups excluding carboxylic acids is 1. The molecule has 0 aliphatic rings. The molecular weight excluding hydrogens is 460 g/mol. The first-order chi connectivity index (χ1) is 16.9. The van der Waals surface area contributed by atoms with E-state index in [4.69, 9.17) is 9.17 Å². The van der Waals surface area contributed by atoms with Crippen LogP contribution in [0.3, 0.4) is 0 Å². The average Bonchev–Trinajstić information content (AvgIpc) is 2.87. The molecule has 3 aromatic carbocycles. The molecule has 0 saturated carbocycles. The summed E-state index contributed by atoms with van der Waals surface area (Å²) in [6, 6.07) is 25.8. The molecule has 1 amide bonds. The molecule has 0 spiro atoms. The highest BCUT2D eigenvalue weighted by Crippen LogP contribution is 2.37. The Balaban J connectivity index is 1.93. The van der Waals surface area contributed by atoms with Crippen molar-refractivity contribution in [2.24, 2.45) is 0 Å². The summed E-state index contributed by atoms with van der Waals surface area (Å²) in [6.07, 6.45) is 1.05. The van der Waals surface area contributed by atoms with E-state index < -0.39 is 16.0 Å². The first kappa shape index (κ1) is 24.4. The Morgan fingerprint density at radius 3 is 2.20 bits per heavy atom. The Hall–Kier alpha value is -3.71. The number of fused-ring (bicyclic) bond motifs is 1. The topological polar surface area (TPSA) is 85.4 Å². The van der Waals surface area contributed by atoms with Crippen LogP contribution in [0.25, 0.3) is 22.2 Å². The van der Waals surface area contributed by atoms with Crippen LogP contribution in [0.5, 0.6) is 5.75 Å². The number of hydrogen-bond acceptors (Lipinski definition) is 5. The number of rotatable bonds is 9. The highest BCUT2D eigenvalue weighted by atomic mass is 32.2. The second-order valence-electron chi connectivity index (χ2n) is 8.24. The lowest BCUT2D eigenvalue weighted by atomic mass is 10.00. The number of pyridine rings is 1. The third-order valence-electron chi connectivity index (χ3n) is 5.70.